The first-order chi connectivity index (χ1) is 11.1. The molecule has 1 aromatic rings. The van der Waals surface area contributed by atoms with Gasteiger partial charge in [0.05, 0.1) is 19.8 Å². The summed E-state index contributed by atoms with van der Waals surface area (Å²) in [5, 5.41) is 0. The van der Waals surface area contributed by atoms with Crippen LogP contribution in [0, 0.1) is 0 Å². The molecule has 23 heavy (non-hydrogen) atoms. The molecule has 1 fully saturated rings. The van der Waals surface area contributed by atoms with Crippen molar-refractivity contribution in [2.75, 3.05) is 39.5 Å². The molecule has 3 heteroatoms. The summed E-state index contributed by atoms with van der Waals surface area (Å²) in [4.78, 5) is 2.51. The lowest BCUT2D eigenvalue weighted by molar-refractivity contribution is 0.0371. The van der Waals surface area contributed by atoms with Crippen LogP contribution in [0.1, 0.15) is 52.0 Å². The van der Waals surface area contributed by atoms with Crippen molar-refractivity contribution >= 4 is 0 Å². The SMILES string of the molecule is CC(C)(C)c1ccccc1OCCCCCCN1CCOCC1. The summed E-state index contributed by atoms with van der Waals surface area (Å²) >= 11 is 0. The second-order valence-corrected chi connectivity index (χ2v) is 7.46. The molecule has 0 saturated carbocycles. The van der Waals surface area contributed by atoms with E-state index < -0.39 is 0 Å². The number of nitrogens with zero attached hydrogens (tertiary/aromatic N) is 1. The summed E-state index contributed by atoms with van der Waals surface area (Å²) in [5.74, 6) is 1.05. The maximum atomic E-state index is 6.03. The lowest BCUT2D eigenvalue weighted by atomic mass is 9.86. The molecule has 0 unspecified atom stereocenters. The van der Waals surface area contributed by atoms with E-state index in [9.17, 15) is 0 Å². The molecule has 0 amide bonds. The van der Waals surface area contributed by atoms with E-state index in [1.165, 1.54) is 31.4 Å². The van der Waals surface area contributed by atoms with Crippen molar-refractivity contribution in [3.05, 3.63) is 29.8 Å². The van der Waals surface area contributed by atoms with Gasteiger partial charge in [-0.05, 0) is 36.4 Å². The van der Waals surface area contributed by atoms with Crippen LogP contribution in [0.15, 0.2) is 24.3 Å². The number of hydrogen-bond acceptors (Lipinski definition) is 3. The summed E-state index contributed by atoms with van der Waals surface area (Å²) in [7, 11) is 0. The minimum absolute atomic E-state index is 0.134. The van der Waals surface area contributed by atoms with Gasteiger partial charge >= 0.3 is 0 Å². The monoisotopic (exact) mass is 319 g/mol. The molecule has 1 aliphatic heterocycles. The van der Waals surface area contributed by atoms with Gasteiger partial charge in [-0.3, -0.25) is 4.90 Å². The average molecular weight is 319 g/mol. The fourth-order valence-electron chi connectivity index (χ4n) is 3.01. The maximum absolute atomic E-state index is 6.03. The Morgan fingerprint density at radius 2 is 1.70 bits per heavy atom. The summed E-state index contributed by atoms with van der Waals surface area (Å²) in [6.07, 6.45) is 4.98. The fraction of sp³-hybridized carbons (Fsp3) is 0.700. The Morgan fingerprint density at radius 3 is 2.43 bits per heavy atom. The molecule has 0 aliphatic carbocycles. The van der Waals surface area contributed by atoms with Crippen molar-refractivity contribution < 1.29 is 9.47 Å². The van der Waals surface area contributed by atoms with Gasteiger partial charge in [-0.15, -0.1) is 0 Å². The van der Waals surface area contributed by atoms with E-state index in [2.05, 4.69) is 49.9 Å². The van der Waals surface area contributed by atoms with Crippen LogP contribution in [0.3, 0.4) is 0 Å². The molecule has 1 heterocycles. The molecule has 130 valence electrons. The van der Waals surface area contributed by atoms with Crippen LogP contribution in [0.5, 0.6) is 5.75 Å². The van der Waals surface area contributed by atoms with E-state index in [0.717, 1.165) is 45.1 Å². The molecular formula is C20H33NO2. The van der Waals surface area contributed by atoms with Crippen LogP contribution in [0.4, 0.5) is 0 Å². The molecule has 0 atom stereocenters. The first kappa shape index (κ1) is 18.3. The van der Waals surface area contributed by atoms with Crippen molar-refractivity contribution in [1.29, 1.82) is 0 Å². The van der Waals surface area contributed by atoms with Gasteiger partial charge in [-0.2, -0.15) is 0 Å². The number of unbranched alkanes of at least 4 members (excludes halogenated alkanes) is 3. The summed E-state index contributed by atoms with van der Waals surface area (Å²) in [5.41, 5.74) is 1.43. The van der Waals surface area contributed by atoms with E-state index in [1.54, 1.807) is 0 Å². The number of hydrogen-bond donors (Lipinski definition) is 0. The fourth-order valence-corrected chi connectivity index (χ4v) is 3.01. The standard InChI is InChI=1S/C20H33NO2/c1-20(2,3)18-10-6-7-11-19(18)23-15-9-5-4-8-12-21-13-16-22-17-14-21/h6-7,10-11H,4-5,8-9,12-17H2,1-3H3. The normalized spacial score (nSPS) is 16.5. The predicted octanol–water partition coefficient (Wildman–Crippen LogP) is 4.26. The Kier molecular flexibility index (Phi) is 7.38. The highest BCUT2D eigenvalue weighted by molar-refractivity contribution is 5.38. The molecule has 2 rings (SSSR count). The first-order valence-electron chi connectivity index (χ1n) is 9.10. The quantitative estimate of drug-likeness (QED) is 0.668. The Morgan fingerprint density at radius 1 is 1.00 bits per heavy atom. The van der Waals surface area contributed by atoms with E-state index in [1.807, 2.05) is 0 Å². The Labute approximate surface area is 142 Å². The molecule has 0 N–H and O–H groups in total. The van der Waals surface area contributed by atoms with Crippen LogP contribution in [-0.2, 0) is 10.2 Å². The van der Waals surface area contributed by atoms with Gasteiger partial charge in [0.1, 0.15) is 5.75 Å². The van der Waals surface area contributed by atoms with Gasteiger partial charge in [-0.25, -0.2) is 0 Å². The van der Waals surface area contributed by atoms with E-state index in [-0.39, 0.29) is 5.41 Å². The number of para-hydroxylation sites is 1. The van der Waals surface area contributed by atoms with Gasteiger partial charge in [0.15, 0.2) is 0 Å². The van der Waals surface area contributed by atoms with Crippen molar-refractivity contribution in [2.45, 2.75) is 51.9 Å². The van der Waals surface area contributed by atoms with Gasteiger partial charge in [0.25, 0.3) is 0 Å². The number of morpholine rings is 1. The second kappa shape index (κ2) is 9.29. The second-order valence-electron chi connectivity index (χ2n) is 7.46. The third-order valence-electron chi connectivity index (χ3n) is 4.43. The van der Waals surface area contributed by atoms with Crippen LogP contribution >= 0.6 is 0 Å². The van der Waals surface area contributed by atoms with Crippen LogP contribution in [0.25, 0.3) is 0 Å². The lowest BCUT2D eigenvalue weighted by Gasteiger charge is -2.26. The molecule has 3 nitrogen and oxygen atoms in total. The van der Waals surface area contributed by atoms with E-state index in [4.69, 9.17) is 9.47 Å². The highest BCUT2D eigenvalue weighted by atomic mass is 16.5. The van der Waals surface area contributed by atoms with E-state index in [0.29, 0.717) is 0 Å². The zero-order valence-corrected chi connectivity index (χ0v) is 15.1. The molecule has 1 aromatic carbocycles. The van der Waals surface area contributed by atoms with Gasteiger partial charge in [-0.1, -0.05) is 51.8 Å². The molecule has 1 saturated heterocycles. The minimum atomic E-state index is 0.134. The zero-order chi connectivity index (χ0) is 16.5. The van der Waals surface area contributed by atoms with Crippen LogP contribution in [-0.4, -0.2) is 44.4 Å². The molecule has 1 aliphatic rings. The Hall–Kier alpha value is -1.06. The number of ether oxygens (including phenoxy) is 2. The summed E-state index contributed by atoms with van der Waals surface area (Å²) < 4.78 is 11.4. The van der Waals surface area contributed by atoms with Gasteiger partial charge < -0.3 is 9.47 Å². The smallest absolute Gasteiger partial charge is 0.123 e. The third kappa shape index (κ3) is 6.52. The highest BCUT2D eigenvalue weighted by Gasteiger charge is 2.18. The van der Waals surface area contributed by atoms with E-state index >= 15 is 0 Å². The van der Waals surface area contributed by atoms with Crippen molar-refractivity contribution in [1.82, 2.24) is 4.90 Å². The molecule has 0 spiro atoms. The van der Waals surface area contributed by atoms with Crippen molar-refractivity contribution in [2.24, 2.45) is 0 Å². The minimum Gasteiger partial charge on any atom is -0.493 e. The first-order valence-corrected chi connectivity index (χ1v) is 9.10. The molecule has 0 bridgehead atoms. The van der Waals surface area contributed by atoms with Crippen molar-refractivity contribution in [3.8, 4) is 5.75 Å². The molecule has 0 radical (unpaired) electrons. The maximum Gasteiger partial charge on any atom is 0.123 e. The largest absolute Gasteiger partial charge is 0.493 e. The topological polar surface area (TPSA) is 21.7 Å². The zero-order valence-electron chi connectivity index (χ0n) is 15.1. The van der Waals surface area contributed by atoms with Gasteiger partial charge in [0.2, 0.25) is 0 Å². The molecular weight excluding hydrogens is 286 g/mol. The summed E-state index contributed by atoms with van der Waals surface area (Å²) in [6.45, 7) is 12.8. The Balaban J connectivity index is 1.59. The van der Waals surface area contributed by atoms with Crippen LogP contribution < -0.4 is 4.74 Å². The number of rotatable bonds is 8. The highest BCUT2D eigenvalue weighted by Crippen LogP contribution is 2.31. The van der Waals surface area contributed by atoms with Crippen LogP contribution in [0.2, 0.25) is 0 Å². The van der Waals surface area contributed by atoms with Gasteiger partial charge in [0, 0.05) is 13.1 Å². The Bertz CT molecular complexity index is 447. The average Bonchev–Trinajstić information content (AvgIpc) is 2.54. The number of benzene rings is 1. The van der Waals surface area contributed by atoms with Crippen molar-refractivity contribution in [3.63, 3.8) is 0 Å². The summed E-state index contributed by atoms with van der Waals surface area (Å²) in [6, 6.07) is 8.43. The molecule has 0 aromatic heterocycles. The predicted molar refractivity (Wildman–Crippen MR) is 96.4 cm³/mol. The third-order valence-corrected chi connectivity index (χ3v) is 4.43. The lowest BCUT2D eigenvalue weighted by Crippen LogP contribution is -2.36.